The van der Waals surface area contributed by atoms with E-state index in [1.165, 1.54) is 24.4 Å². The predicted molar refractivity (Wildman–Crippen MR) is 93.8 cm³/mol. The van der Waals surface area contributed by atoms with Crippen molar-refractivity contribution >= 4 is 33.6 Å². The van der Waals surface area contributed by atoms with E-state index in [1.54, 1.807) is 30.3 Å². The lowest BCUT2D eigenvalue weighted by Gasteiger charge is -2.18. The van der Waals surface area contributed by atoms with Gasteiger partial charge < -0.3 is 15.2 Å². The number of hydrogen-bond acceptors (Lipinski definition) is 4. The quantitative estimate of drug-likeness (QED) is 0.615. The molecule has 0 amide bonds. The number of aromatic nitrogens is 1. The van der Waals surface area contributed by atoms with Crippen LogP contribution >= 0.6 is 0 Å². The Morgan fingerprint density at radius 1 is 0.846 bits per heavy atom. The van der Waals surface area contributed by atoms with Crippen LogP contribution in [0, 0.1) is 5.82 Å². The summed E-state index contributed by atoms with van der Waals surface area (Å²) in [5, 5.41) is 21.1. The normalized spacial score (nSPS) is 15.3. The van der Waals surface area contributed by atoms with Crippen LogP contribution < -0.4 is 0 Å². The second kappa shape index (κ2) is 5.70. The molecular weight excluding hydrogens is 337 g/mol. The van der Waals surface area contributed by atoms with E-state index in [1.807, 2.05) is 0 Å². The molecule has 0 saturated heterocycles. The van der Waals surface area contributed by atoms with Gasteiger partial charge in [0.1, 0.15) is 5.82 Å². The smallest absolute Gasteiger partial charge is 0.232 e. The summed E-state index contributed by atoms with van der Waals surface area (Å²) < 4.78 is 13.6. The van der Waals surface area contributed by atoms with Crippen LogP contribution in [0.25, 0.3) is 22.0 Å². The number of halogens is 1. The van der Waals surface area contributed by atoms with Crippen LogP contribution in [0.15, 0.2) is 66.2 Å². The number of benzene rings is 2. The fraction of sp³-hybridized carbons (Fsp3) is 0. The highest BCUT2D eigenvalue weighted by atomic mass is 19.1. The minimum absolute atomic E-state index is 0.147. The van der Waals surface area contributed by atoms with Crippen LogP contribution in [-0.2, 0) is 9.59 Å². The summed E-state index contributed by atoms with van der Waals surface area (Å²) in [4.78, 5) is 28.2. The Bertz CT molecular complexity index is 1140. The molecule has 0 saturated carbocycles. The number of rotatable bonds is 2. The van der Waals surface area contributed by atoms with Crippen molar-refractivity contribution in [2.75, 3.05) is 0 Å². The van der Waals surface area contributed by atoms with Gasteiger partial charge in [0.2, 0.25) is 11.6 Å². The van der Waals surface area contributed by atoms with E-state index in [0.717, 1.165) is 0 Å². The molecule has 6 heteroatoms. The molecule has 1 aromatic heterocycles. The summed E-state index contributed by atoms with van der Waals surface area (Å²) in [5.41, 5.74) is 0.374. The van der Waals surface area contributed by atoms with Crippen LogP contribution in [-0.4, -0.2) is 26.8 Å². The SMILES string of the molecule is O=C1C(O)=C(c2c[nH]c3ccc(F)cc23)C(=O)C(O)=C1c1ccccc1. The molecule has 3 aromatic rings. The molecule has 1 aliphatic carbocycles. The fourth-order valence-electron chi connectivity index (χ4n) is 3.10. The molecule has 4 rings (SSSR count). The summed E-state index contributed by atoms with van der Waals surface area (Å²) in [7, 11) is 0. The van der Waals surface area contributed by atoms with Crippen LogP contribution in [0.3, 0.4) is 0 Å². The van der Waals surface area contributed by atoms with E-state index in [-0.39, 0.29) is 16.7 Å². The maximum atomic E-state index is 13.6. The lowest BCUT2D eigenvalue weighted by Crippen LogP contribution is -2.22. The van der Waals surface area contributed by atoms with Crippen LogP contribution in [0.4, 0.5) is 4.39 Å². The molecule has 0 fully saturated rings. The number of aliphatic hydroxyl groups excluding tert-OH is 2. The highest BCUT2D eigenvalue weighted by Gasteiger charge is 2.37. The molecule has 1 heterocycles. The van der Waals surface area contributed by atoms with E-state index in [4.69, 9.17) is 0 Å². The molecule has 0 atom stereocenters. The molecule has 0 radical (unpaired) electrons. The zero-order chi connectivity index (χ0) is 18.4. The van der Waals surface area contributed by atoms with E-state index < -0.39 is 28.9 Å². The number of H-pyrrole nitrogens is 1. The third-order valence-electron chi connectivity index (χ3n) is 4.33. The summed E-state index contributed by atoms with van der Waals surface area (Å²) in [6, 6.07) is 12.0. The number of nitrogens with one attached hydrogen (secondary N) is 1. The van der Waals surface area contributed by atoms with Crippen molar-refractivity contribution in [2.45, 2.75) is 0 Å². The average molecular weight is 349 g/mol. The van der Waals surface area contributed by atoms with Crippen LogP contribution in [0.1, 0.15) is 11.1 Å². The molecule has 5 nitrogen and oxygen atoms in total. The van der Waals surface area contributed by atoms with Crippen LogP contribution in [0.2, 0.25) is 0 Å². The maximum Gasteiger partial charge on any atom is 0.232 e. The summed E-state index contributed by atoms with van der Waals surface area (Å²) in [6.07, 6.45) is 1.39. The number of carbonyl (C=O) groups excluding carboxylic acids is 2. The first-order chi connectivity index (χ1) is 12.5. The summed E-state index contributed by atoms with van der Waals surface area (Å²) in [5.74, 6) is -3.82. The number of hydrogen-bond donors (Lipinski definition) is 3. The van der Waals surface area contributed by atoms with Crippen molar-refractivity contribution in [3.63, 3.8) is 0 Å². The Balaban J connectivity index is 1.92. The van der Waals surface area contributed by atoms with Gasteiger partial charge in [0.05, 0.1) is 11.1 Å². The van der Waals surface area contributed by atoms with Crippen molar-refractivity contribution in [3.05, 3.63) is 83.2 Å². The van der Waals surface area contributed by atoms with Gasteiger partial charge >= 0.3 is 0 Å². The predicted octanol–water partition coefficient (Wildman–Crippen LogP) is 3.70. The topological polar surface area (TPSA) is 90.4 Å². The van der Waals surface area contributed by atoms with Crippen molar-refractivity contribution in [1.29, 1.82) is 0 Å². The highest BCUT2D eigenvalue weighted by molar-refractivity contribution is 6.47. The van der Waals surface area contributed by atoms with Gasteiger partial charge in [0, 0.05) is 22.7 Å². The van der Waals surface area contributed by atoms with Crippen molar-refractivity contribution in [3.8, 4) is 0 Å². The first-order valence-corrected chi connectivity index (χ1v) is 7.77. The third-order valence-corrected chi connectivity index (χ3v) is 4.33. The van der Waals surface area contributed by atoms with Gasteiger partial charge in [-0.25, -0.2) is 4.39 Å². The minimum atomic E-state index is -0.897. The molecule has 3 N–H and O–H groups in total. The number of carbonyl (C=O) groups is 2. The molecule has 0 bridgehead atoms. The fourth-order valence-corrected chi connectivity index (χ4v) is 3.10. The first kappa shape index (κ1) is 15.8. The summed E-state index contributed by atoms with van der Waals surface area (Å²) >= 11 is 0. The second-order valence-electron chi connectivity index (χ2n) is 5.86. The third kappa shape index (κ3) is 2.23. The Morgan fingerprint density at radius 3 is 2.23 bits per heavy atom. The molecular formula is C20H12FNO4. The van der Waals surface area contributed by atoms with Crippen LogP contribution in [0.5, 0.6) is 0 Å². The van der Waals surface area contributed by atoms with E-state index in [2.05, 4.69) is 4.98 Å². The first-order valence-electron chi connectivity index (χ1n) is 7.77. The Kier molecular flexibility index (Phi) is 3.47. The van der Waals surface area contributed by atoms with Gasteiger partial charge in [-0.15, -0.1) is 0 Å². The number of ketones is 2. The number of allylic oxidation sites excluding steroid dienone is 2. The van der Waals surface area contributed by atoms with E-state index in [9.17, 15) is 24.2 Å². The Hall–Kier alpha value is -3.67. The van der Waals surface area contributed by atoms with Gasteiger partial charge in [0.15, 0.2) is 11.5 Å². The molecule has 0 aliphatic heterocycles. The molecule has 1 aliphatic rings. The van der Waals surface area contributed by atoms with E-state index >= 15 is 0 Å². The van der Waals surface area contributed by atoms with Gasteiger partial charge in [-0.2, -0.15) is 0 Å². The largest absolute Gasteiger partial charge is 0.504 e. The lowest BCUT2D eigenvalue weighted by molar-refractivity contribution is -0.116. The van der Waals surface area contributed by atoms with Gasteiger partial charge in [-0.3, -0.25) is 9.59 Å². The number of aliphatic hydroxyl groups is 2. The van der Waals surface area contributed by atoms with E-state index in [0.29, 0.717) is 16.5 Å². The highest BCUT2D eigenvalue weighted by Crippen LogP contribution is 2.36. The minimum Gasteiger partial charge on any atom is -0.504 e. The second-order valence-corrected chi connectivity index (χ2v) is 5.86. The average Bonchev–Trinajstić information content (AvgIpc) is 3.04. The number of Topliss-reactive ketones (excluding diaryl/α,β-unsaturated/α-hetero) is 2. The lowest BCUT2D eigenvalue weighted by atomic mass is 9.86. The molecule has 128 valence electrons. The number of aromatic amines is 1. The molecule has 0 spiro atoms. The molecule has 0 unspecified atom stereocenters. The zero-order valence-corrected chi connectivity index (χ0v) is 13.3. The molecule has 26 heavy (non-hydrogen) atoms. The standard InChI is InChI=1S/C20H12FNO4/c21-11-6-7-14-12(8-11)13(9-22-14)16-19(25)17(23)15(18(24)20(16)26)10-4-2-1-3-5-10/h1-9,22-23,26H. The van der Waals surface area contributed by atoms with Gasteiger partial charge in [0.25, 0.3) is 0 Å². The number of fused-ring (bicyclic) bond motifs is 1. The molecule has 2 aromatic carbocycles. The monoisotopic (exact) mass is 349 g/mol. The van der Waals surface area contributed by atoms with Crippen molar-refractivity contribution in [1.82, 2.24) is 4.98 Å². The Morgan fingerprint density at radius 2 is 1.50 bits per heavy atom. The van der Waals surface area contributed by atoms with Crippen molar-refractivity contribution in [2.24, 2.45) is 0 Å². The zero-order valence-electron chi connectivity index (χ0n) is 13.3. The van der Waals surface area contributed by atoms with Gasteiger partial charge in [-0.1, -0.05) is 30.3 Å². The summed E-state index contributed by atoms with van der Waals surface area (Å²) in [6.45, 7) is 0. The maximum absolute atomic E-state index is 13.6. The van der Waals surface area contributed by atoms with Crippen molar-refractivity contribution < 1.29 is 24.2 Å². The Labute approximate surface area is 146 Å². The van der Waals surface area contributed by atoms with Gasteiger partial charge in [-0.05, 0) is 23.8 Å².